The van der Waals surface area contributed by atoms with E-state index in [0.717, 1.165) is 0 Å². The molecule has 0 heterocycles. The number of carbonyl (C=O) groups is 1. The summed E-state index contributed by atoms with van der Waals surface area (Å²) in [6.07, 6.45) is 0. The van der Waals surface area contributed by atoms with Gasteiger partial charge in [0.15, 0.2) is 0 Å². The van der Waals surface area contributed by atoms with Gasteiger partial charge >= 0.3 is 0 Å². The van der Waals surface area contributed by atoms with Gasteiger partial charge in [-0.2, -0.15) is 0 Å². The Labute approximate surface area is 129 Å². The van der Waals surface area contributed by atoms with E-state index in [4.69, 9.17) is 5.73 Å². The lowest BCUT2D eigenvalue weighted by molar-refractivity contribution is -0.122. The minimum absolute atomic E-state index is 0.105. The van der Waals surface area contributed by atoms with Crippen molar-refractivity contribution in [2.24, 2.45) is 5.73 Å². The van der Waals surface area contributed by atoms with Crippen molar-refractivity contribution in [2.75, 3.05) is 5.32 Å². The van der Waals surface area contributed by atoms with Gasteiger partial charge in [-0.3, -0.25) is 4.79 Å². The van der Waals surface area contributed by atoms with Crippen LogP contribution in [0.15, 0.2) is 46.9 Å². The predicted molar refractivity (Wildman–Crippen MR) is 80.7 cm³/mol. The summed E-state index contributed by atoms with van der Waals surface area (Å²) in [7, 11) is 0. The molecule has 2 aromatic carbocycles. The first-order valence-electron chi connectivity index (χ1n) is 6.12. The number of nitrogens with one attached hydrogen (secondary N) is 1. The Morgan fingerprint density at radius 2 is 1.81 bits per heavy atom. The van der Waals surface area contributed by atoms with Crippen molar-refractivity contribution in [1.29, 1.82) is 0 Å². The molecule has 0 aromatic heterocycles. The van der Waals surface area contributed by atoms with E-state index in [1.165, 1.54) is 49.4 Å². The van der Waals surface area contributed by atoms with Crippen molar-refractivity contribution < 1.29 is 13.6 Å². The Balaban J connectivity index is 2.47. The van der Waals surface area contributed by atoms with Crippen LogP contribution < -0.4 is 11.1 Å². The smallest absolute Gasteiger partial charge is 0.247 e. The number of hydrogen-bond acceptors (Lipinski definition) is 2. The zero-order valence-corrected chi connectivity index (χ0v) is 12.7. The fourth-order valence-electron chi connectivity index (χ4n) is 1.96. The van der Waals surface area contributed by atoms with Gasteiger partial charge in [0, 0.05) is 15.7 Å². The lowest BCUT2D eigenvalue weighted by atomic mass is 9.90. The molecule has 0 fully saturated rings. The van der Waals surface area contributed by atoms with Crippen molar-refractivity contribution in [3.8, 4) is 0 Å². The monoisotopic (exact) mass is 354 g/mol. The number of nitrogens with two attached hydrogens (primary N) is 1. The largest absolute Gasteiger partial charge is 0.368 e. The van der Waals surface area contributed by atoms with E-state index in [1.54, 1.807) is 0 Å². The molecule has 0 spiro atoms. The molecule has 0 aliphatic carbocycles. The molecule has 1 unspecified atom stereocenters. The quantitative estimate of drug-likeness (QED) is 0.882. The number of rotatable bonds is 4. The van der Waals surface area contributed by atoms with Crippen LogP contribution in [0.1, 0.15) is 12.5 Å². The van der Waals surface area contributed by atoms with Crippen molar-refractivity contribution >= 4 is 27.5 Å². The molecule has 0 saturated heterocycles. The summed E-state index contributed by atoms with van der Waals surface area (Å²) in [6, 6.07) is 9.63. The molecule has 110 valence electrons. The summed E-state index contributed by atoms with van der Waals surface area (Å²) in [5.41, 5.74) is 4.54. The Morgan fingerprint density at radius 1 is 1.19 bits per heavy atom. The molecular weight excluding hydrogens is 342 g/mol. The number of halogens is 3. The van der Waals surface area contributed by atoms with Crippen LogP contribution in [-0.2, 0) is 10.3 Å². The van der Waals surface area contributed by atoms with Crippen LogP contribution in [0.2, 0.25) is 0 Å². The number of primary amides is 1. The van der Waals surface area contributed by atoms with Gasteiger partial charge in [0.1, 0.15) is 17.2 Å². The van der Waals surface area contributed by atoms with E-state index < -0.39 is 23.1 Å². The van der Waals surface area contributed by atoms with Gasteiger partial charge < -0.3 is 11.1 Å². The lowest BCUT2D eigenvalue weighted by Crippen LogP contribution is -2.45. The molecule has 2 aromatic rings. The Hall–Kier alpha value is -1.95. The number of amides is 1. The Kier molecular flexibility index (Phi) is 4.27. The Bertz CT molecular complexity index is 676. The highest BCUT2D eigenvalue weighted by Crippen LogP contribution is 2.30. The summed E-state index contributed by atoms with van der Waals surface area (Å²) in [5.74, 6) is -1.71. The number of hydrogen-bond donors (Lipinski definition) is 2. The van der Waals surface area contributed by atoms with Gasteiger partial charge in [0.2, 0.25) is 5.91 Å². The van der Waals surface area contributed by atoms with Crippen molar-refractivity contribution in [3.63, 3.8) is 0 Å². The molecular formula is C15H13BrF2N2O. The summed E-state index contributed by atoms with van der Waals surface area (Å²) >= 11 is 3.24. The van der Waals surface area contributed by atoms with Crippen molar-refractivity contribution in [1.82, 2.24) is 0 Å². The summed E-state index contributed by atoms with van der Waals surface area (Å²) in [6.45, 7) is 1.48. The lowest BCUT2D eigenvalue weighted by Gasteiger charge is -2.29. The first-order valence-corrected chi connectivity index (χ1v) is 6.91. The van der Waals surface area contributed by atoms with Crippen LogP contribution in [0.4, 0.5) is 14.5 Å². The minimum Gasteiger partial charge on any atom is -0.368 e. The van der Waals surface area contributed by atoms with Gasteiger partial charge in [-0.15, -0.1) is 0 Å². The van der Waals surface area contributed by atoms with Crippen LogP contribution in [-0.4, -0.2) is 5.91 Å². The van der Waals surface area contributed by atoms with E-state index >= 15 is 0 Å². The molecule has 0 aliphatic rings. The first kappa shape index (κ1) is 15.4. The highest BCUT2D eigenvalue weighted by atomic mass is 79.9. The second kappa shape index (κ2) is 5.81. The van der Waals surface area contributed by atoms with E-state index in [0.29, 0.717) is 10.2 Å². The van der Waals surface area contributed by atoms with Crippen LogP contribution in [0, 0.1) is 11.6 Å². The SMILES string of the molecule is CC(Nc1ccc(F)cc1)(C(N)=O)c1cc(Br)ccc1F. The zero-order chi connectivity index (χ0) is 15.6. The van der Waals surface area contributed by atoms with Crippen LogP contribution in [0.25, 0.3) is 0 Å². The van der Waals surface area contributed by atoms with Gasteiger partial charge in [0.05, 0.1) is 0 Å². The van der Waals surface area contributed by atoms with Crippen LogP contribution in [0.5, 0.6) is 0 Å². The average molecular weight is 355 g/mol. The maximum absolute atomic E-state index is 14.1. The standard InChI is InChI=1S/C15H13BrF2N2O/c1-15(14(19)21,12-8-9(16)2-7-13(12)18)20-11-5-3-10(17)4-6-11/h2-8,20H,1H3,(H2,19,21). The molecule has 1 amide bonds. The number of benzene rings is 2. The summed E-state index contributed by atoms with van der Waals surface area (Å²) in [5, 5.41) is 2.86. The molecule has 21 heavy (non-hydrogen) atoms. The highest BCUT2D eigenvalue weighted by Gasteiger charge is 2.36. The molecule has 0 saturated carbocycles. The third-order valence-electron chi connectivity index (χ3n) is 3.20. The normalized spacial score (nSPS) is 13.5. The van der Waals surface area contributed by atoms with Crippen LogP contribution >= 0.6 is 15.9 Å². The Morgan fingerprint density at radius 3 is 2.38 bits per heavy atom. The highest BCUT2D eigenvalue weighted by molar-refractivity contribution is 9.10. The molecule has 2 rings (SSSR count). The van der Waals surface area contributed by atoms with Crippen molar-refractivity contribution in [2.45, 2.75) is 12.5 Å². The minimum atomic E-state index is -1.47. The van der Waals surface area contributed by atoms with Crippen LogP contribution in [0.3, 0.4) is 0 Å². The van der Waals surface area contributed by atoms with E-state index in [-0.39, 0.29) is 5.56 Å². The summed E-state index contributed by atoms with van der Waals surface area (Å²) in [4.78, 5) is 11.9. The molecule has 3 N–H and O–H groups in total. The van der Waals surface area contributed by atoms with Gasteiger partial charge in [-0.05, 0) is 49.4 Å². The maximum Gasteiger partial charge on any atom is 0.247 e. The third kappa shape index (κ3) is 3.21. The van der Waals surface area contributed by atoms with Gasteiger partial charge in [-0.1, -0.05) is 15.9 Å². The molecule has 1 atom stereocenters. The predicted octanol–water partition coefficient (Wildman–Crippen LogP) is 3.54. The van der Waals surface area contributed by atoms with E-state index in [2.05, 4.69) is 21.2 Å². The second-order valence-corrected chi connectivity index (χ2v) is 5.66. The van der Waals surface area contributed by atoms with Crippen molar-refractivity contribution in [3.05, 3.63) is 64.1 Å². The topological polar surface area (TPSA) is 55.1 Å². The fraction of sp³-hybridized carbons (Fsp3) is 0.133. The fourth-order valence-corrected chi connectivity index (χ4v) is 2.33. The molecule has 0 bridgehead atoms. The zero-order valence-electron chi connectivity index (χ0n) is 11.2. The number of anilines is 1. The van der Waals surface area contributed by atoms with Gasteiger partial charge in [0.25, 0.3) is 0 Å². The molecule has 0 radical (unpaired) electrons. The first-order chi connectivity index (χ1) is 9.83. The molecule has 6 heteroatoms. The third-order valence-corrected chi connectivity index (χ3v) is 3.69. The van der Waals surface area contributed by atoms with E-state index in [9.17, 15) is 13.6 Å². The van der Waals surface area contributed by atoms with Gasteiger partial charge in [-0.25, -0.2) is 8.78 Å². The maximum atomic E-state index is 14.1. The second-order valence-electron chi connectivity index (χ2n) is 4.75. The summed E-state index contributed by atoms with van der Waals surface area (Å²) < 4.78 is 27.6. The number of carbonyl (C=O) groups excluding carboxylic acids is 1. The average Bonchev–Trinajstić information content (AvgIpc) is 2.43. The molecule has 0 aliphatic heterocycles. The van der Waals surface area contributed by atoms with E-state index in [1.807, 2.05) is 0 Å². The molecule has 3 nitrogen and oxygen atoms in total.